The van der Waals surface area contributed by atoms with Gasteiger partial charge < -0.3 is 14.8 Å². The van der Waals surface area contributed by atoms with Crippen LogP contribution in [0.4, 0.5) is 0 Å². The van der Waals surface area contributed by atoms with Gasteiger partial charge in [0, 0.05) is 12.6 Å². The minimum atomic E-state index is -3.69. The molecule has 0 saturated carbocycles. The van der Waals surface area contributed by atoms with Gasteiger partial charge >= 0.3 is 0 Å². The predicted octanol–water partition coefficient (Wildman–Crippen LogP) is 3.55. The fourth-order valence-corrected chi connectivity index (χ4v) is 4.10. The second kappa shape index (κ2) is 12.0. The molecule has 0 aromatic heterocycles. The van der Waals surface area contributed by atoms with Gasteiger partial charge in [0.2, 0.25) is 15.9 Å². The number of carbonyl (C=O) groups is 1. The summed E-state index contributed by atoms with van der Waals surface area (Å²) in [5.41, 5.74) is 2.75. The fraction of sp³-hybridized carbons (Fsp3) is 0.192. The van der Waals surface area contributed by atoms with Crippen molar-refractivity contribution in [2.45, 2.75) is 17.9 Å². The highest BCUT2D eigenvalue weighted by molar-refractivity contribution is 7.89. The van der Waals surface area contributed by atoms with Crippen molar-refractivity contribution in [2.75, 3.05) is 20.7 Å². The van der Waals surface area contributed by atoms with Crippen molar-refractivity contribution in [1.29, 1.82) is 0 Å². The van der Waals surface area contributed by atoms with Gasteiger partial charge in [-0.15, -0.1) is 0 Å². The molecule has 2 N–H and O–H groups in total. The van der Waals surface area contributed by atoms with Crippen LogP contribution in [0.5, 0.6) is 11.5 Å². The van der Waals surface area contributed by atoms with Crippen LogP contribution in [-0.2, 0) is 27.8 Å². The van der Waals surface area contributed by atoms with Crippen LogP contribution in [0.2, 0.25) is 0 Å². The summed E-state index contributed by atoms with van der Waals surface area (Å²) in [4.78, 5) is 12.2. The van der Waals surface area contributed by atoms with Gasteiger partial charge in [0.05, 0.1) is 7.11 Å². The SMILES string of the molecule is CNS(=O)(=O)c1cc(C=CC(=O)NCCc2ccc(OCc3ccccc3)cc2)ccc1OC. The number of methoxy groups -OCH3 is 1. The van der Waals surface area contributed by atoms with Crippen molar-refractivity contribution in [3.8, 4) is 11.5 Å². The third-order valence-electron chi connectivity index (χ3n) is 5.06. The van der Waals surface area contributed by atoms with Crippen molar-refractivity contribution in [2.24, 2.45) is 0 Å². The van der Waals surface area contributed by atoms with Gasteiger partial charge in [0.25, 0.3) is 0 Å². The molecule has 0 spiro atoms. The van der Waals surface area contributed by atoms with Crippen molar-refractivity contribution >= 4 is 22.0 Å². The second-order valence-corrected chi connectivity index (χ2v) is 9.27. The molecule has 8 heteroatoms. The Bertz CT molecular complexity index is 1220. The largest absolute Gasteiger partial charge is 0.495 e. The molecular formula is C26H28N2O5S. The summed E-state index contributed by atoms with van der Waals surface area (Å²) in [5.74, 6) is 0.753. The van der Waals surface area contributed by atoms with Crippen molar-refractivity contribution in [3.05, 3.63) is 95.6 Å². The molecule has 0 heterocycles. The van der Waals surface area contributed by atoms with E-state index in [2.05, 4.69) is 10.0 Å². The summed E-state index contributed by atoms with van der Waals surface area (Å²) in [5, 5.41) is 2.83. The highest BCUT2D eigenvalue weighted by Gasteiger charge is 2.17. The Balaban J connectivity index is 1.48. The maximum Gasteiger partial charge on any atom is 0.244 e. The summed E-state index contributed by atoms with van der Waals surface area (Å²) in [7, 11) is -0.956. The van der Waals surface area contributed by atoms with Crippen LogP contribution in [0.25, 0.3) is 6.08 Å². The molecule has 0 aliphatic carbocycles. The number of hydrogen-bond donors (Lipinski definition) is 2. The number of carbonyl (C=O) groups excluding carboxylic acids is 1. The van der Waals surface area contributed by atoms with Crippen LogP contribution in [-0.4, -0.2) is 35.0 Å². The predicted molar refractivity (Wildman–Crippen MR) is 132 cm³/mol. The normalized spacial score (nSPS) is 11.4. The topological polar surface area (TPSA) is 93.7 Å². The lowest BCUT2D eigenvalue weighted by atomic mass is 10.1. The zero-order chi connectivity index (χ0) is 24.4. The van der Waals surface area contributed by atoms with Crippen LogP contribution in [0.15, 0.2) is 83.8 Å². The van der Waals surface area contributed by atoms with E-state index >= 15 is 0 Å². The highest BCUT2D eigenvalue weighted by atomic mass is 32.2. The number of hydrogen-bond acceptors (Lipinski definition) is 5. The Morgan fingerprint density at radius 1 is 0.971 bits per heavy atom. The van der Waals surface area contributed by atoms with Crippen LogP contribution in [0, 0.1) is 0 Å². The Labute approximate surface area is 200 Å². The molecule has 0 bridgehead atoms. The van der Waals surface area contributed by atoms with Crippen LogP contribution in [0.1, 0.15) is 16.7 Å². The van der Waals surface area contributed by atoms with Gasteiger partial charge in [-0.05, 0) is 60.5 Å². The summed E-state index contributed by atoms with van der Waals surface area (Å²) in [6.45, 7) is 0.981. The molecule has 0 unspecified atom stereocenters. The minimum absolute atomic E-state index is 0.0104. The smallest absolute Gasteiger partial charge is 0.244 e. The van der Waals surface area contributed by atoms with E-state index in [4.69, 9.17) is 9.47 Å². The standard InChI is InChI=1S/C26H28N2O5S/c1-27-34(30,31)25-18-21(10-14-24(25)32-2)11-15-26(29)28-17-16-20-8-12-23(13-9-20)33-19-22-6-4-3-5-7-22/h3-15,18,27H,16-17,19H2,1-2H3,(H,28,29). The monoisotopic (exact) mass is 480 g/mol. The molecule has 0 aliphatic rings. The van der Waals surface area contributed by atoms with Crippen LogP contribution < -0.4 is 19.5 Å². The van der Waals surface area contributed by atoms with E-state index in [9.17, 15) is 13.2 Å². The second-order valence-electron chi connectivity index (χ2n) is 7.41. The van der Waals surface area contributed by atoms with Crippen LogP contribution >= 0.6 is 0 Å². The Kier molecular flexibility index (Phi) is 8.84. The average molecular weight is 481 g/mol. The Morgan fingerprint density at radius 2 is 1.71 bits per heavy atom. The molecule has 3 aromatic carbocycles. The molecule has 0 radical (unpaired) electrons. The maximum absolute atomic E-state index is 12.2. The quantitative estimate of drug-likeness (QED) is 0.410. The number of sulfonamides is 1. The van der Waals surface area contributed by atoms with Gasteiger partial charge in [-0.1, -0.05) is 48.5 Å². The van der Waals surface area contributed by atoms with Crippen molar-refractivity contribution in [1.82, 2.24) is 10.0 Å². The molecule has 0 aliphatic heterocycles. The van der Waals surface area contributed by atoms with Gasteiger partial charge in [-0.2, -0.15) is 0 Å². The molecule has 1 amide bonds. The van der Waals surface area contributed by atoms with Crippen molar-refractivity contribution < 1.29 is 22.7 Å². The molecule has 0 fully saturated rings. The van der Waals surface area contributed by atoms with E-state index in [0.29, 0.717) is 25.1 Å². The molecular weight excluding hydrogens is 452 g/mol. The highest BCUT2D eigenvalue weighted by Crippen LogP contribution is 2.25. The fourth-order valence-electron chi connectivity index (χ4n) is 3.17. The first-order valence-electron chi connectivity index (χ1n) is 10.7. The summed E-state index contributed by atoms with van der Waals surface area (Å²) < 4.78 is 37.5. The lowest BCUT2D eigenvalue weighted by molar-refractivity contribution is -0.116. The first-order valence-corrected chi connectivity index (χ1v) is 12.2. The third-order valence-corrected chi connectivity index (χ3v) is 6.49. The molecule has 0 saturated heterocycles. The number of rotatable bonds is 11. The van der Waals surface area contributed by atoms with Gasteiger partial charge in [-0.25, -0.2) is 13.1 Å². The van der Waals surface area contributed by atoms with E-state index in [1.807, 2.05) is 54.6 Å². The van der Waals surface area contributed by atoms with Crippen LogP contribution in [0.3, 0.4) is 0 Å². The van der Waals surface area contributed by atoms with Gasteiger partial charge in [-0.3, -0.25) is 4.79 Å². The maximum atomic E-state index is 12.2. The molecule has 178 valence electrons. The third kappa shape index (κ3) is 7.19. The minimum Gasteiger partial charge on any atom is -0.495 e. The van der Waals surface area contributed by atoms with E-state index in [1.54, 1.807) is 18.2 Å². The van der Waals surface area contributed by atoms with E-state index in [0.717, 1.165) is 16.9 Å². The summed E-state index contributed by atoms with van der Waals surface area (Å²) in [6, 6.07) is 22.4. The van der Waals surface area contributed by atoms with Gasteiger partial charge in [0.15, 0.2) is 0 Å². The number of benzene rings is 3. The first kappa shape index (κ1) is 25.0. The zero-order valence-electron chi connectivity index (χ0n) is 19.2. The lowest BCUT2D eigenvalue weighted by Gasteiger charge is -2.09. The first-order chi connectivity index (χ1) is 16.4. The average Bonchev–Trinajstić information content (AvgIpc) is 2.87. The van der Waals surface area contributed by atoms with Gasteiger partial charge in [0.1, 0.15) is 23.0 Å². The molecule has 3 rings (SSSR count). The number of ether oxygens (including phenoxy) is 2. The summed E-state index contributed by atoms with van der Waals surface area (Å²) in [6.07, 6.45) is 3.60. The zero-order valence-corrected chi connectivity index (χ0v) is 20.0. The molecule has 0 atom stereocenters. The Morgan fingerprint density at radius 3 is 2.38 bits per heavy atom. The van der Waals surface area contributed by atoms with E-state index < -0.39 is 10.0 Å². The van der Waals surface area contributed by atoms with E-state index in [1.165, 1.54) is 26.3 Å². The molecule has 3 aromatic rings. The number of amides is 1. The van der Waals surface area contributed by atoms with E-state index in [-0.39, 0.29) is 16.6 Å². The molecule has 34 heavy (non-hydrogen) atoms. The molecule has 7 nitrogen and oxygen atoms in total. The number of nitrogens with one attached hydrogen (secondary N) is 2. The lowest BCUT2D eigenvalue weighted by Crippen LogP contribution is -2.23. The Hall–Kier alpha value is -3.62. The van der Waals surface area contributed by atoms with Crippen molar-refractivity contribution in [3.63, 3.8) is 0 Å². The summed E-state index contributed by atoms with van der Waals surface area (Å²) >= 11 is 0.